The summed E-state index contributed by atoms with van der Waals surface area (Å²) in [6.45, 7) is 2.58. The number of carbonyl (C=O) groups excluding carboxylic acids is 1. The second-order valence-corrected chi connectivity index (χ2v) is 5.70. The SMILES string of the molecule is Cc1cccc(OCCCCC(=O)Nc2ccc(F)cc2Cl)c1. The van der Waals surface area contributed by atoms with Gasteiger partial charge in [-0.2, -0.15) is 0 Å². The van der Waals surface area contributed by atoms with E-state index in [2.05, 4.69) is 5.32 Å². The molecule has 3 nitrogen and oxygen atoms in total. The summed E-state index contributed by atoms with van der Waals surface area (Å²) in [5.41, 5.74) is 1.58. The Balaban J connectivity index is 1.67. The minimum Gasteiger partial charge on any atom is -0.494 e. The van der Waals surface area contributed by atoms with Gasteiger partial charge in [-0.1, -0.05) is 23.7 Å². The highest BCUT2D eigenvalue weighted by atomic mass is 35.5. The molecule has 2 aromatic carbocycles. The lowest BCUT2D eigenvalue weighted by atomic mass is 10.2. The number of benzene rings is 2. The summed E-state index contributed by atoms with van der Waals surface area (Å²) in [5.74, 6) is 0.267. The van der Waals surface area contributed by atoms with E-state index in [0.717, 1.165) is 17.7 Å². The first kappa shape index (κ1) is 17.3. The van der Waals surface area contributed by atoms with Crippen molar-refractivity contribution in [3.63, 3.8) is 0 Å². The van der Waals surface area contributed by atoms with Crippen LogP contribution in [0, 0.1) is 12.7 Å². The average molecular weight is 336 g/mol. The van der Waals surface area contributed by atoms with Crippen molar-refractivity contribution in [2.24, 2.45) is 0 Å². The number of carbonyl (C=O) groups is 1. The fraction of sp³-hybridized carbons (Fsp3) is 0.278. The van der Waals surface area contributed by atoms with Crippen molar-refractivity contribution in [3.8, 4) is 5.75 Å². The summed E-state index contributed by atoms with van der Waals surface area (Å²) in [6, 6.07) is 11.7. The molecule has 0 radical (unpaired) electrons. The van der Waals surface area contributed by atoms with Gasteiger partial charge < -0.3 is 10.1 Å². The highest BCUT2D eigenvalue weighted by Crippen LogP contribution is 2.22. The van der Waals surface area contributed by atoms with Gasteiger partial charge in [0, 0.05) is 6.42 Å². The second kappa shape index (κ2) is 8.53. The van der Waals surface area contributed by atoms with E-state index < -0.39 is 5.82 Å². The Bertz CT molecular complexity index is 676. The normalized spacial score (nSPS) is 10.4. The Morgan fingerprint density at radius 2 is 2.04 bits per heavy atom. The molecule has 0 aromatic heterocycles. The lowest BCUT2D eigenvalue weighted by Gasteiger charge is -2.08. The zero-order valence-electron chi connectivity index (χ0n) is 12.9. The van der Waals surface area contributed by atoms with Crippen LogP contribution < -0.4 is 10.1 Å². The van der Waals surface area contributed by atoms with Crippen molar-refractivity contribution >= 4 is 23.2 Å². The number of aryl methyl sites for hydroxylation is 1. The summed E-state index contributed by atoms with van der Waals surface area (Å²) in [6.07, 6.45) is 1.85. The Morgan fingerprint density at radius 3 is 2.78 bits per heavy atom. The zero-order valence-corrected chi connectivity index (χ0v) is 13.7. The Hall–Kier alpha value is -2.07. The van der Waals surface area contributed by atoms with E-state index in [0.29, 0.717) is 25.1 Å². The molecule has 122 valence electrons. The van der Waals surface area contributed by atoms with Gasteiger partial charge in [0.1, 0.15) is 11.6 Å². The van der Waals surface area contributed by atoms with Gasteiger partial charge in [0.25, 0.3) is 0 Å². The Labute approximate surface area is 140 Å². The van der Waals surface area contributed by atoms with Gasteiger partial charge in [-0.3, -0.25) is 4.79 Å². The molecule has 0 spiro atoms. The molecule has 0 heterocycles. The molecule has 0 bridgehead atoms. The second-order valence-electron chi connectivity index (χ2n) is 5.29. The number of halogens is 2. The van der Waals surface area contributed by atoms with E-state index in [1.807, 2.05) is 31.2 Å². The van der Waals surface area contributed by atoms with Crippen LogP contribution in [0.4, 0.5) is 10.1 Å². The van der Waals surface area contributed by atoms with Crippen molar-refractivity contribution in [2.75, 3.05) is 11.9 Å². The predicted molar refractivity (Wildman–Crippen MR) is 90.6 cm³/mol. The first-order valence-electron chi connectivity index (χ1n) is 7.49. The maximum atomic E-state index is 12.9. The molecule has 23 heavy (non-hydrogen) atoms. The van der Waals surface area contributed by atoms with Crippen LogP contribution in [0.2, 0.25) is 5.02 Å². The average Bonchev–Trinajstić information content (AvgIpc) is 2.50. The number of anilines is 1. The van der Waals surface area contributed by atoms with Crippen LogP contribution in [0.3, 0.4) is 0 Å². The first-order valence-corrected chi connectivity index (χ1v) is 7.87. The van der Waals surface area contributed by atoms with Crippen LogP contribution in [0.15, 0.2) is 42.5 Å². The van der Waals surface area contributed by atoms with E-state index >= 15 is 0 Å². The van der Waals surface area contributed by atoms with Crippen molar-refractivity contribution in [3.05, 3.63) is 58.9 Å². The molecular formula is C18H19ClFNO2. The van der Waals surface area contributed by atoms with Gasteiger partial charge in [0.15, 0.2) is 0 Å². The smallest absolute Gasteiger partial charge is 0.224 e. The number of unbranched alkanes of at least 4 members (excludes halogenated alkanes) is 1. The van der Waals surface area contributed by atoms with Crippen molar-refractivity contribution in [1.29, 1.82) is 0 Å². The third kappa shape index (κ3) is 5.91. The summed E-state index contributed by atoms with van der Waals surface area (Å²) < 4.78 is 18.6. The highest BCUT2D eigenvalue weighted by molar-refractivity contribution is 6.33. The van der Waals surface area contributed by atoms with Gasteiger partial charge >= 0.3 is 0 Å². The fourth-order valence-electron chi connectivity index (χ4n) is 2.09. The molecule has 1 N–H and O–H groups in total. The van der Waals surface area contributed by atoms with Crippen LogP contribution in [-0.4, -0.2) is 12.5 Å². The van der Waals surface area contributed by atoms with E-state index in [9.17, 15) is 9.18 Å². The third-order valence-corrected chi connectivity index (χ3v) is 3.57. The monoisotopic (exact) mass is 335 g/mol. The Kier molecular flexibility index (Phi) is 6.41. The van der Waals surface area contributed by atoms with Gasteiger partial charge in [-0.05, 0) is 55.7 Å². The molecule has 2 aromatic rings. The fourth-order valence-corrected chi connectivity index (χ4v) is 2.30. The van der Waals surface area contributed by atoms with Crippen molar-refractivity contribution < 1.29 is 13.9 Å². The molecule has 0 saturated heterocycles. The maximum Gasteiger partial charge on any atom is 0.224 e. The molecule has 0 aliphatic rings. The van der Waals surface area contributed by atoms with Gasteiger partial charge in [-0.25, -0.2) is 4.39 Å². The lowest BCUT2D eigenvalue weighted by molar-refractivity contribution is -0.116. The van der Waals surface area contributed by atoms with E-state index in [1.54, 1.807) is 0 Å². The topological polar surface area (TPSA) is 38.3 Å². The quantitative estimate of drug-likeness (QED) is 0.725. The minimum absolute atomic E-state index is 0.144. The van der Waals surface area contributed by atoms with Crippen molar-refractivity contribution in [2.45, 2.75) is 26.2 Å². The van der Waals surface area contributed by atoms with Crippen molar-refractivity contribution in [1.82, 2.24) is 0 Å². The van der Waals surface area contributed by atoms with Gasteiger partial charge in [0.05, 0.1) is 17.3 Å². The Morgan fingerprint density at radius 1 is 1.22 bits per heavy atom. The van der Waals surface area contributed by atoms with Crippen LogP contribution in [-0.2, 0) is 4.79 Å². The summed E-state index contributed by atoms with van der Waals surface area (Å²) >= 11 is 5.86. The molecular weight excluding hydrogens is 317 g/mol. The summed E-state index contributed by atoms with van der Waals surface area (Å²) in [7, 11) is 0. The largest absolute Gasteiger partial charge is 0.494 e. The summed E-state index contributed by atoms with van der Waals surface area (Å²) in [4.78, 5) is 11.8. The van der Waals surface area contributed by atoms with E-state index in [1.165, 1.54) is 18.2 Å². The molecule has 2 rings (SSSR count). The molecule has 0 unspecified atom stereocenters. The van der Waals surface area contributed by atoms with Crippen LogP contribution in [0.25, 0.3) is 0 Å². The number of rotatable bonds is 7. The first-order chi connectivity index (χ1) is 11.0. The summed E-state index contributed by atoms with van der Waals surface area (Å²) in [5, 5.41) is 2.87. The zero-order chi connectivity index (χ0) is 16.7. The van der Waals surface area contributed by atoms with Crippen LogP contribution >= 0.6 is 11.6 Å². The molecule has 0 aliphatic carbocycles. The van der Waals surface area contributed by atoms with Crippen LogP contribution in [0.1, 0.15) is 24.8 Å². The molecule has 0 aliphatic heterocycles. The maximum absolute atomic E-state index is 12.9. The lowest BCUT2D eigenvalue weighted by Crippen LogP contribution is -2.12. The van der Waals surface area contributed by atoms with E-state index in [-0.39, 0.29) is 10.9 Å². The molecule has 0 saturated carbocycles. The molecule has 5 heteroatoms. The third-order valence-electron chi connectivity index (χ3n) is 3.26. The highest BCUT2D eigenvalue weighted by Gasteiger charge is 2.06. The molecule has 0 fully saturated rings. The van der Waals surface area contributed by atoms with Crippen LogP contribution in [0.5, 0.6) is 5.75 Å². The predicted octanol–water partition coefficient (Wildman–Crippen LogP) is 4.98. The number of amides is 1. The van der Waals surface area contributed by atoms with Gasteiger partial charge in [0.2, 0.25) is 5.91 Å². The number of ether oxygens (including phenoxy) is 1. The minimum atomic E-state index is -0.429. The van der Waals surface area contributed by atoms with E-state index in [4.69, 9.17) is 16.3 Å². The number of nitrogens with one attached hydrogen (secondary N) is 1. The number of hydrogen-bond acceptors (Lipinski definition) is 2. The molecule has 0 atom stereocenters. The standard InChI is InChI=1S/C18H19ClFNO2/c1-13-5-4-6-15(11-13)23-10-3-2-7-18(22)21-17-9-8-14(20)12-16(17)19/h4-6,8-9,11-12H,2-3,7,10H2,1H3,(H,21,22). The van der Waals surface area contributed by atoms with Gasteiger partial charge in [-0.15, -0.1) is 0 Å². The molecule has 1 amide bonds. The number of hydrogen-bond donors (Lipinski definition) is 1.